The summed E-state index contributed by atoms with van der Waals surface area (Å²) >= 11 is 0. The van der Waals surface area contributed by atoms with Crippen molar-refractivity contribution in [2.45, 2.75) is 32.5 Å². The number of carboxylic acids is 1. The Morgan fingerprint density at radius 1 is 1.39 bits per heavy atom. The summed E-state index contributed by atoms with van der Waals surface area (Å²) in [4.78, 5) is 22.0. The van der Waals surface area contributed by atoms with Gasteiger partial charge in [-0.15, -0.1) is 0 Å². The second-order valence-electron chi connectivity index (χ2n) is 3.88. The Balaban J connectivity index is 4.15. The van der Waals surface area contributed by atoms with Crippen LogP contribution >= 0.6 is 0 Å². The lowest BCUT2D eigenvalue weighted by molar-refractivity contribution is -0.176. The number of rotatable bonds is 7. The summed E-state index contributed by atoms with van der Waals surface area (Å²) in [6.07, 6.45) is -4.00. The van der Waals surface area contributed by atoms with E-state index >= 15 is 0 Å². The van der Waals surface area contributed by atoms with E-state index in [9.17, 15) is 22.8 Å². The van der Waals surface area contributed by atoms with E-state index in [0.29, 0.717) is 6.42 Å². The lowest BCUT2D eigenvalue weighted by atomic mass is 9.99. The van der Waals surface area contributed by atoms with Gasteiger partial charge in [0.15, 0.2) is 0 Å². The molecule has 0 spiro atoms. The number of carbonyl (C=O) groups is 2. The van der Waals surface area contributed by atoms with Crippen LogP contribution < -0.4 is 5.32 Å². The maximum absolute atomic E-state index is 11.7. The zero-order chi connectivity index (χ0) is 14.3. The van der Waals surface area contributed by atoms with Crippen LogP contribution in [0.5, 0.6) is 0 Å². The van der Waals surface area contributed by atoms with E-state index in [1.165, 1.54) is 0 Å². The summed E-state index contributed by atoms with van der Waals surface area (Å²) in [5.41, 5.74) is 0. The minimum atomic E-state index is -4.51. The van der Waals surface area contributed by atoms with Gasteiger partial charge in [0.05, 0.1) is 0 Å². The van der Waals surface area contributed by atoms with Crippen LogP contribution in [0.2, 0.25) is 0 Å². The maximum Gasteiger partial charge on any atom is 0.411 e. The average molecular weight is 271 g/mol. The summed E-state index contributed by atoms with van der Waals surface area (Å²) in [5, 5.41) is 11.0. The van der Waals surface area contributed by atoms with Crippen molar-refractivity contribution in [3.63, 3.8) is 0 Å². The standard InChI is InChI=1S/C10H16F3NO4/c1-3-6(2)8(9(16)17)14-7(15)4-18-5-10(11,12)13/h6,8H,3-5H2,1-2H3,(H,14,15)(H,16,17). The third-order valence-electron chi connectivity index (χ3n) is 2.29. The fraction of sp³-hybridized carbons (Fsp3) is 0.800. The second-order valence-corrected chi connectivity index (χ2v) is 3.88. The maximum atomic E-state index is 11.7. The van der Waals surface area contributed by atoms with Gasteiger partial charge in [-0.05, 0) is 5.92 Å². The van der Waals surface area contributed by atoms with Crippen molar-refractivity contribution in [1.29, 1.82) is 0 Å². The van der Waals surface area contributed by atoms with Crippen molar-refractivity contribution >= 4 is 11.9 Å². The lowest BCUT2D eigenvalue weighted by Crippen LogP contribution is -2.46. The number of carbonyl (C=O) groups excluding carboxylic acids is 1. The van der Waals surface area contributed by atoms with Gasteiger partial charge in [0.2, 0.25) is 5.91 Å². The highest BCUT2D eigenvalue weighted by atomic mass is 19.4. The number of amides is 1. The smallest absolute Gasteiger partial charge is 0.411 e. The first-order chi connectivity index (χ1) is 8.17. The Morgan fingerprint density at radius 2 is 1.94 bits per heavy atom. The molecule has 2 unspecified atom stereocenters. The molecule has 0 aromatic heterocycles. The predicted molar refractivity (Wildman–Crippen MR) is 55.9 cm³/mol. The number of nitrogens with one attached hydrogen (secondary N) is 1. The third-order valence-corrected chi connectivity index (χ3v) is 2.29. The molecule has 0 heterocycles. The van der Waals surface area contributed by atoms with E-state index in [2.05, 4.69) is 10.1 Å². The number of carboxylic acid groups (broad SMARTS) is 1. The summed E-state index contributed by atoms with van der Waals surface area (Å²) in [6, 6.07) is -1.13. The van der Waals surface area contributed by atoms with Crippen LogP contribution in [0, 0.1) is 5.92 Å². The molecule has 0 aliphatic rings. The highest BCUT2D eigenvalue weighted by Crippen LogP contribution is 2.14. The SMILES string of the molecule is CCC(C)C(NC(=O)COCC(F)(F)F)C(=O)O. The Bertz CT molecular complexity index is 293. The van der Waals surface area contributed by atoms with Crippen molar-refractivity contribution in [2.75, 3.05) is 13.2 Å². The minimum absolute atomic E-state index is 0.325. The summed E-state index contributed by atoms with van der Waals surface area (Å²) in [6.45, 7) is 1.00. The number of alkyl halides is 3. The van der Waals surface area contributed by atoms with Gasteiger partial charge in [-0.25, -0.2) is 4.79 Å². The number of halogens is 3. The van der Waals surface area contributed by atoms with Crippen molar-refractivity contribution in [3.05, 3.63) is 0 Å². The van der Waals surface area contributed by atoms with Gasteiger partial charge < -0.3 is 15.2 Å². The molecule has 0 aromatic rings. The molecule has 0 aliphatic heterocycles. The first kappa shape index (κ1) is 16.7. The Labute approximate surface area is 102 Å². The lowest BCUT2D eigenvalue weighted by Gasteiger charge is -2.20. The van der Waals surface area contributed by atoms with E-state index < -0.39 is 37.3 Å². The van der Waals surface area contributed by atoms with Crippen LogP contribution in [0.25, 0.3) is 0 Å². The Kier molecular flexibility index (Phi) is 6.67. The normalized spacial score (nSPS) is 14.9. The number of hydrogen-bond donors (Lipinski definition) is 2. The molecule has 0 aromatic carbocycles. The van der Waals surface area contributed by atoms with Crippen LogP contribution in [0.3, 0.4) is 0 Å². The van der Waals surface area contributed by atoms with Gasteiger partial charge in [0.25, 0.3) is 0 Å². The molecular formula is C10H16F3NO4. The molecule has 18 heavy (non-hydrogen) atoms. The first-order valence-corrected chi connectivity index (χ1v) is 5.34. The highest BCUT2D eigenvalue weighted by Gasteiger charge is 2.29. The molecule has 0 fully saturated rings. The van der Waals surface area contributed by atoms with Crippen LogP contribution in [0.4, 0.5) is 13.2 Å². The third kappa shape index (κ3) is 7.10. The molecule has 2 atom stereocenters. The zero-order valence-electron chi connectivity index (χ0n) is 10.1. The van der Waals surface area contributed by atoms with Gasteiger partial charge >= 0.3 is 12.1 Å². The van der Waals surface area contributed by atoms with E-state index in [0.717, 1.165) is 0 Å². The molecule has 0 aliphatic carbocycles. The van der Waals surface area contributed by atoms with E-state index in [1.807, 2.05) is 0 Å². The second kappa shape index (κ2) is 7.20. The van der Waals surface area contributed by atoms with Gasteiger partial charge in [0, 0.05) is 0 Å². The van der Waals surface area contributed by atoms with Crippen molar-refractivity contribution in [1.82, 2.24) is 5.32 Å². The van der Waals surface area contributed by atoms with Gasteiger partial charge in [0.1, 0.15) is 19.3 Å². The molecule has 5 nitrogen and oxygen atoms in total. The van der Waals surface area contributed by atoms with Crippen molar-refractivity contribution < 1.29 is 32.6 Å². The van der Waals surface area contributed by atoms with Gasteiger partial charge in [-0.3, -0.25) is 4.79 Å². The van der Waals surface area contributed by atoms with Crippen molar-refractivity contribution in [3.8, 4) is 0 Å². The van der Waals surface area contributed by atoms with Gasteiger partial charge in [-0.1, -0.05) is 20.3 Å². The van der Waals surface area contributed by atoms with Crippen LogP contribution in [0.1, 0.15) is 20.3 Å². The van der Waals surface area contributed by atoms with E-state index in [-0.39, 0.29) is 5.92 Å². The molecule has 106 valence electrons. The molecular weight excluding hydrogens is 255 g/mol. The monoisotopic (exact) mass is 271 g/mol. The topological polar surface area (TPSA) is 75.6 Å². The summed E-state index contributed by atoms with van der Waals surface area (Å²) in [7, 11) is 0. The molecule has 0 saturated carbocycles. The molecule has 2 N–H and O–H groups in total. The quantitative estimate of drug-likeness (QED) is 0.729. The highest BCUT2D eigenvalue weighted by molar-refractivity contribution is 5.84. The average Bonchev–Trinajstić information content (AvgIpc) is 2.22. The summed E-state index contributed by atoms with van der Waals surface area (Å²) in [5.74, 6) is -2.44. The first-order valence-electron chi connectivity index (χ1n) is 5.34. The van der Waals surface area contributed by atoms with E-state index in [4.69, 9.17) is 5.11 Å². The molecule has 8 heteroatoms. The van der Waals surface area contributed by atoms with Crippen LogP contribution in [-0.2, 0) is 14.3 Å². The van der Waals surface area contributed by atoms with Crippen molar-refractivity contribution in [2.24, 2.45) is 5.92 Å². The predicted octanol–water partition coefficient (Wildman–Crippen LogP) is 1.18. The number of hydrogen-bond acceptors (Lipinski definition) is 3. The Hall–Kier alpha value is -1.31. The molecule has 0 rings (SSSR count). The number of aliphatic carboxylic acids is 1. The van der Waals surface area contributed by atoms with Crippen LogP contribution in [0.15, 0.2) is 0 Å². The Morgan fingerprint density at radius 3 is 2.33 bits per heavy atom. The molecule has 0 radical (unpaired) electrons. The zero-order valence-corrected chi connectivity index (χ0v) is 10.1. The van der Waals surface area contributed by atoms with Gasteiger partial charge in [-0.2, -0.15) is 13.2 Å². The largest absolute Gasteiger partial charge is 0.480 e. The molecule has 1 amide bonds. The summed E-state index contributed by atoms with van der Waals surface area (Å²) < 4.78 is 39.3. The molecule has 0 bridgehead atoms. The fourth-order valence-corrected chi connectivity index (χ4v) is 1.16. The van der Waals surface area contributed by atoms with Crippen LogP contribution in [-0.4, -0.2) is 42.4 Å². The number of ether oxygens (including phenoxy) is 1. The minimum Gasteiger partial charge on any atom is -0.480 e. The molecule has 0 saturated heterocycles. The fourth-order valence-electron chi connectivity index (χ4n) is 1.16. The van der Waals surface area contributed by atoms with E-state index in [1.54, 1.807) is 13.8 Å².